The molecule has 1 aliphatic rings. The van der Waals surface area contributed by atoms with Gasteiger partial charge in [-0.2, -0.15) is 0 Å². The molecule has 2 heteroatoms. The van der Waals surface area contributed by atoms with Crippen molar-refractivity contribution in [2.45, 2.75) is 54.1 Å². The third-order valence-electron chi connectivity index (χ3n) is 4.54. The molecule has 1 rings (SSSR count). The van der Waals surface area contributed by atoms with Crippen molar-refractivity contribution < 1.29 is 9.53 Å². The molecule has 0 radical (unpaired) electrons. The summed E-state index contributed by atoms with van der Waals surface area (Å²) in [5.41, 5.74) is 2.78. The molecule has 0 saturated carbocycles. The largest absolute Gasteiger partial charge is 0.456 e. The summed E-state index contributed by atoms with van der Waals surface area (Å²) >= 11 is 0. The average Bonchev–Trinajstić information content (AvgIpc) is 2.42. The second kappa shape index (κ2) is 4.91. The molecule has 0 heterocycles. The van der Waals surface area contributed by atoms with E-state index in [0.29, 0.717) is 17.4 Å². The van der Waals surface area contributed by atoms with Gasteiger partial charge in [0.15, 0.2) is 0 Å². The molecule has 0 aromatic heterocycles. The van der Waals surface area contributed by atoms with Gasteiger partial charge in [0.1, 0.15) is 5.60 Å². The Morgan fingerprint density at radius 1 is 1.22 bits per heavy atom. The van der Waals surface area contributed by atoms with Gasteiger partial charge in [0.2, 0.25) is 0 Å². The molecular weight excluding hydrogens is 224 g/mol. The predicted molar refractivity (Wildman–Crippen MR) is 75.2 cm³/mol. The van der Waals surface area contributed by atoms with Crippen LogP contribution >= 0.6 is 0 Å². The number of allylic oxidation sites excluding steroid dienone is 1. The van der Waals surface area contributed by atoms with E-state index in [1.807, 2.05) is 13.8 Å². The van der Waals surface area contributed by atoms with Crippen LogP contribution in [0, 0.1) is 17.8 Å². The summed E-state index contributed by atoms with van der Waals surface area (Å²) in [6, 6.07) is 0. The molecule has 102 valence electrons. The highest BCUT2D eigenvalue weighted by atomic mass is 16.6. The topological polar surface area (TPSA) is 26.3 Å². The first-order chi connectivity index (χ1) is 8.09. The molecule has 0 aromatic rings. The third-order valence-corrected chi connectivity index (χ3v) is 4.54. The number of esters is 1. The first-order valence-corrected chi connectivity index (χ1v) is 6.65. The molecule has 0 amide bonds. The number of ether oxygens (including phenoxy) is 1. The SMILES string of the molecule is C=C(C)C(=O)OC(C)(C)C1C(C)=C(C)C(C)C1C. The molecule has 3 unspecified atom stereocenters. The van der Waals surface area contributed by atoms with E-state index in [1.165, 1.54) is 11.1 Å². The molecule has 2 nitrogen and oxygen atoms in total. The van der Waals surface area contributed by atoms with Crippen molar-refractivity contribution in [3.05, 3.63) is 23.3 Å². The third kappa shape index (κ3) is 2.52. The van der Waals surface area contributed by atoms with Crippen molar-refractivity contribution in [3.8, 4) is 0 Å². The lowest BCUT2D eigenvalue weighted by atomic mass is 9.78. The molecule has 0 spiro atoms. The minimum absolute atomic E-state index is 0.288. The lowest BCUT2D eigenvalue weighted by Crippen LogP contribution is -2.40. The van der Waals surface area contributed by atoms with Crippen LogP contribution in [0.2, 0.25) is 0 Å². The summed E-state index contributed by atoms with van der Waals surface area (Å²) in [6.07, 6.45) is 0. The van der Waals surface area contributed by atoms with E-state index in [-0.39, 0.29) is 11.9 Å². The molecule has 0 aromatic carbocycles. The molecule has 0 saturated heterocycles. The van der Waals surface area contributed by atoms with Crippen LogP contribution in [0.4, 0.5) is 0 Å². The molecule has 1 aliphatic carbocycles. The lowest BCUT2D eigenvalue weighted by molar-refractivity contribution is -0.156. The van der Waals surface area contributed by atoms with E-state index in [0.717, 1.165) is 0 Å². The standard InChI is InChI=1S/C16H26O2/c1-9(2)15(17)18-16(7,8)14-12(5)10(3)11(4)13(14)6/h10,12,14H,1H2,2-8H3. The molecular formula is C16H26O2. The Bertz CT molecular complexity index is 401. The van der Waals surface area contributed by atoms with E-state index < -0.39 is 5.60 Å². The fourth-order valence-corrected chi connectivity index (χ4v) is 3.23. The second-order valence-electron chi connectivity index (χ2n) is 6.26. The molecule has 0 aliphatic heterocycles. The number of carbonyl (C=O) groups excluding carboxylic acids is 1. The first kappa shape index (κ1) is 15.0. The van der Waals surface area contributed by atoms with Gasteiger partial charge in [0.25, 0.3) is 0 Å². The monoisotopic (exact) mass is 250 g/mol. The summed E-state index contributed by atoms with van der Waals surface area (Å²) < 4.78 is 5.65. The predicted octanol–water partition coefficient (Wildman–Crippen LogP) is 4.12. The maximum atomic E-state index is 11.8. The highest BCUT2D eigenvalue weighted by Gasteiger charge is 2.44. The van der Waals surface area contributed by atoms with E-state index in [1.54, 1.807) is 6.92 Å². The van der Waals surface area contributed by atoms with Gasteiger partial charge in [0, 0.05) is 11.5 Å². The Labute approximate surface area is 111 Å². The quantitative estimate of drug-likeness (QED) is 0.428. The lowest BCUT2D eigenvalue weighted by Gasteiger charge is -2.36. The van der Waals surface area contributed by atoms with Crippen LogP contribution in [0.3, 0.4) is 0 Å². The second-order valence-corrected chi connectivity index (χ2v) is 6.26. The van der Waals surface area contributed by atoms with E-state index in [2.05, 4.69) is 34.3 Å². The van der Waals surface area contributed by atoms with Gasteiger partial charge in [-0.3, -0.25) is 0 Å². The van der Waals surface area contributed by atoms with Gasteiger partial charge in [-0.1, -0.05) is 31.6 Å². The van der Waals surface area contributed by atoms with E-state index >= 15 is 0 Å². The van der Waals surface area contributed by atoms with Crippen molar-refractivity contribution in [2.75, 3.05) is 0 Å². The fourth-order valence-electron chi connectivity index (χ4n) is 3.23. The van der Waals surface area contributed by atoms with Gasteiger partial charge in [-0.05, 0) is 46.5 Å². The van der Waals surface area contributed by atoms with Crippen molar-refractivity contribution in [2.24, 2.45) is 17.8 Å². The molecule has 0 fully saturated rings. The number of rotatable bonds is 3. The Hall–Kier alpha value is -1.05. The summed E-state index contributed by atoms with van der Waals surface area (Å²) in [7, 11) is 0. The van der Waals surface area contributed by atoms with Crippen LogP contribution in [-0.4, -0.2) is 11.6 Å². The van der Waals surface area contributed by atoms with Crippen LogP contribution in [-0.2, 0) is 9.53 Å². The fraction of sp³-hybridized carbons (Fsp3) is 0.688. The molecule has 3 atom stereocenters. The summed E-state index contributed by atoms with van der Waals surface area (Å²) in [5, 5.41) is 0. The van der Waals surface area contributed by atoms with Gasteiger partial charge >= 0.3 is 5.97 Å². The Balaban J connectivity index is 2.99. The van der Waals surface area contributed by atoms with Crippen molar-refractivity contribution >= 4 is 5.97 Å². The van der Waals surface area contributed by atoms with Gasteiger partial charge in [-0.25, -0.2) is 4.79 Å². The average molecular weight is 250 g/mol. The Morgan fingerprint density at radius 2 is 1.72 bits per heavy atom. The smallest absolute Gasteiger partial charge is 0.333 e. The maximum absolute atomic E-state index is 11.8. The Kier molecular flexibility index (Phi) is 4.09. The minimum atomic E-state index is -0.481. The molecule has 18 heavy (non-hydrogen) atoms. The van der Waals surface area contributed by atoms with Crippen LogP contribution in [0.15, 0.2) is 23.3 Å². The number of hydrogen-bond acceptors (Lipinski definition) is 2. The Morgan fingerprint density at radius 3 is 2.06 bits per heavy atom. The summed E-state index contributed by atoms with van der Waals surface area (Å²) in [4.78, 5) is 11.8. The highest BCUT2D eigenvalue weighted by molar-refractivity contribution is 5.87. The van der Waals surface area contributed by atoms with Crippen molar-refractivity contribution in [3.63, 3.8) is 0 Å². The van der Waals surface area contributed by atoms with Crippen LogP contribution in [0.25, 0.3) is 0 Å². The van der Waals surface area contributed by atoms with E-state index in [4.69, 9.17) is 4.74 Å². The molecule has 0 N–H and O–H groups in total. The number of hydrogen-bond donors (Lipinski definition) is 0. The van der Waals surface area contributed by atoms with Crippen LogP contribution < -0.4 is 0 Å². The van der Waals surface area contributed by atoms with Crippen molar-refractivity contribution in [1.29, 1.82) is 0 Å². The zero-order chi connectivity index (χ0) is 14.2. The van der Waals surface area contributed by atoms with Gasteiger partial charge in [-0.15, -0.1) is 0 Å². The normalized spacial score (nSPS) is 28.5. The highest BCUT2D eigenvalue weighted by Crippen LogP contribution is 2.47. The van der Waals surface area contributed by atoms with E-state index in [9.17, 15) is 4.79 Å². The maximum Gasteiger partial charge on any atom is 0.333 e. The summed E-state index contributed by atoms with van der Waals surface area (Å²) in [5.74, 6) is 1.05. The first-order valence-electron chi connectivity index (χ1n) is 6.65. The number of carbonyl (C=O) groups is 1. The zero-order valence-electron chi connectivity index (χ0n) is 12.8. The minimum Gasteiger partial charge on any atom is -0.456 e. The van der Waals surface area contributed by atoms with Crippen LogP contribution in [0.1, 0.15) is 48.5 Å². The van der Waals surface area contributed by atoms with Crippen molar-refractivity contribution in [1.82, 2.24) is 0 Å². The van der Waals surface area contributed by atoms with Crippen LogP contribution in [0.5, 0.6) is 0 Å². The molecule has 0 bridgehead atoms. The zero-order valence-corrected chi connectivity index (χ0v) is 12.8. The van der Waals surface area contributed by atoms with Gasteiger partial charge in [0.05, 0.1) is 0 Å². The summed E-state index contributed by atoms with van der Waals surface area (Å²) in [6.45, 7) is 18.2. The van der Waals surface area contributed by atoms with Gasteiger partial charge < -0.3 is 4.74 Å².